The lowest BCUT2D eigenvalue weighted by molar-refractivity contribution is -0.114. The van der Waals surface area contributed by atoms with Crippen LogP contribution in [0, 0.1) is 6.92 Å². The van der Waals surface area contributed by atoms with E-state index in [-0.39, 0.29) is 10.6 Å². The lowest BCUT2D eigenvalue weighted by Gasteiger charge is -2.24. The molecule has 8 nitrogen and oxygen atoms in total. The van der Waals surface area contributed by atoms with Crippen LogP contribution in [0.25, 0.3) is 0 Å². The summed E-state index contributed by atoms with van der Waals surface area (Å²) in [6.07, 6.45) is 0. The Balaban J connectivity index is 1.65. The van der Waals surface area contributed by atoms with Gasteiger partial charge in [-0.15, -0.1) is 0 Å². The molecule has 0 unspecified atom stereocenters. The van der Waals surface area contributed by atoms with Gasteiger partial charge in [0.1, 0.15) is 12.3 Å². The number of benzene rings is 4. The Morgan fingerprint density at radius 1 is 0.900 bits per heavy atom. The number of rotatable bonds is 11. The van der Waals surface area contributed by atoms with E-state index in [4.69, 9.17) is 25.8 Å². The highest BCUT2D eigenvalue weighted by Crippen LogP contribution is 2.36. The number of ether oxygens (including phenoxy) is 3. The highest BCUT2D eigenvalue weighted by Gasteiger charge is 2.28. The molecule has 0 atom stereocenters. The number of para-hydroxylation sites is 2. The van der Waals surface area contributed by atoms with Crippen LogP contribution in [0.1, 0.15) is 12.5 Å². The molecule has 40 heavy (non-hydrogen) atoms. The minimum absolute atomic E-state index is 0.0581. The van der Waals surface area contributed by atoms with Crippen molar-refractivity contribution in [1.82, 2.24) is 0 Å². The third kappa shape index (κ3) is 6.86. The molecule has 1 amide bonds. The van der Waals surface area contributed by atoms with Crippen molar-refractivity contribution in [2.75, 3.05) is 29.9 Å². The maximum atomic E-state index is 13.7. The number of nitrogens with zero attached hydrogens (tertiary/aromatic N) is 1. The smallest absolute Gasteiger partial charge is 0.264 e. The van der Waals surface area contributed by atoms with Crippen molar-refractivity contribution >= 4 is 38.9 Å². The second-order valence-corrected chi connectivity index (χ2v) is 11.0. The molecule has 0 fully saturated rings. The molecule has 0 bridgehead atoms. The normalized spacial score (nSPS) is 11.0. The number of halogens is 1. The van der Waals surface area contributed by atoms with Crippen LogP contribution < -0.4 is 23.8 Å². The van der Waals surface area contributed by atoms with Crippen molar-refractivity contribution in [2.24, 2.45) is 0 Å². The number of methoxy groups -OCH3 is 1. The molecule has 4 rings (SSSR count). The topological polar surface area (TPSA) is 94.2 Å². The van der Waals surface area contributed by atoms with Crippen LogP contribution in [0.5, 0.6) is 23.0 Å². The molecule has 4 aromatic rings. The lowest BCUT2D eigenvalue weighted by Crippen LogP contribution is -2.38. The number of hydrogen-bond donors (Lipinski definition) is 1. The van der Waals surface area contributed by atoms with Gasteiger partial charge >= 0.3 is 0 Å². The Kier molecular flexibility index (Phi) is 9.19. The van der Waals surface area contributed by atoms with Gasteiger partial charge in [0.25, 0.3) is 10.0 Å². The molecule has 0 saturated carbocycles. The summed E-state index contributed by atoms with van der Waals surface area (Å²) in [7, 11) is -2.58. The van der Waals surface area contributed by atoms with Crippen molar-refractivity contribution in [3.05, 3.63) is 102 Å². The largest absolute Gasteiger partial charge is 0.494 e. The average molecular weight is 581 g/mol. The highest BCUT2D eigenvalue weighted by atomic mass is 35.5. The highest BCUT2D eigenvalue weighted by molar-refractivity contribution is 7.92. The molecule has 0 spiro atoms. The fourth-order valence-corrected chi connectivity index (χ4v) is 5.45. The Bertz CT molecular complexity index is 1580. The van der Waals surface area contributed by atoms with Crippen LogP contribution in [0.2, 0.25) is 5.02 Å². The Morgan fingerprint density at radius 2 is 1.57 bits per heavy atom. The first-order valence-corrected chi connectivity index (χ1v) is 14.3. The van der Waals surface area contributed by atoms with Crippen LogP contribution in [0.4, 0.5) is 11.4 Å². The summed E-state index contributed by atoms with van der Waals surface area (Å²) in [4.78, 5) is 13.4. The number of hydrogen-bond acceptors (Lipinski definition) is 6. The van der Waals surface area contributed by atoms with E-state index in [9.17, 15) is 13.2 Å². The summed E-state index contributed by atoms with van der Waals surface area (Å²) in [5.74, 6) is 1.22. The van der Waals surface area contributed by atoms with Crippen molar-refractivity contribution < 1.29 is 27.4 Å². The number of carbonyl (C=O) groups excluding carboxylic acids is 1. The number of carbonyl (C=O) groups is 1. The Morgan fingerprint density at radius 3 is 2.23 bits per heavy atom. The minimum Gasteiger partial charge on any atom is -0.494 e. The lowest BCUT2D eigenvalue weighted by atomic mass is 10.2. The van der Waals surface area contributed by atoms with Crippen molar-refractivity contribution in [2.45, 2.75) is 18.7 Å². The molecule has 1 N–H and O–H groups in total. The van der Waals surface area contributed by atoms with Gasteiger partial charge in [0.15, 0.2) is 17.2 Å². The van der Waals surface area contributed by atoms with E-state index >= 15 is 0 Å². The fraction of sp³-hybridized carbons (Fsp3) is 0.167. The minimum atomic E-state index is -4.10. The second kappa shape index (κ2) is 12.8. The molecule has 208 valence electrons. The van der Waals surface area contributed by atoms with Crippen molar-refractivity contribution in [1.29, 1.82) is 0 Å². The molecule has 0 heterocycles. The van der Waals surface area contributed by atoms with Gasteiger partial charge in [0.05, 0.1) is 30.0 Å². The number of amides is 1. The predicted octanol–water partition coefficient (Wildman–Crippen LogP) is 6.68. The van der Waals surface area contributed by atoms with Gasteiger partial charge in [-0.1, -0.05) is 41.4 Å². The molecular formula is C30H29ClN2O6S. The summed E-state index contributed by atoms with van der Waals surface area (Å²) in [5, 5.41) is 3.11. The van der Waals surface area contributed by atoms with Crippen LogP contribution in [0.15, 0.2) is 95.9 Å². The zero-order chi connectivity index (χ0) is 28.7. The molecule has 0 radical (unpaired) electrons. The quantitative estimate of drug-likeness (QED) is 0.213. The number of nitrogens with one attached hydrogen (secondary N) is 1. The Hall–Kier alpha value is -4.21. The summed E-state index contributed by atoms with van der Waals surface area (Å²) in [6.45, 7) is 3.68. The van der Waals surface area contributed by atoms with E-state index in [1.807, 2.05) is 13.8 Å². The molecule has 4 aromatic carbocycles. The van der Waals surface area contributed by atoms with E-state index in [1.165, 1.54) is 25.3 Å². The van der Waals surface area contributed by atoms with Gasteiger partial charge in [-0.2, -0.15) is 0 Å². The maximum Gasteiger partial charge on any atom is 0.264 e. The standard InChI is InChI=1S/C30H29ClN2O6S/c1-4-38-24-14-12-23(13-15-24)33(40(35,36)25-16-9-21(2)10-17-25)20-30(34)32-26-19-22(31)11-18-27(26)39-29-8-6-5-7-28(29)37-3/h5-19H,4,20H2,1-3H3,(H,32,34). The predicted molar refractivity (Wildman–Crippen MR) is 156 cm³/mol. The zero-order valence-electron chi connectivity index (χ0n) is 22.3. The van der Waals surface area contributed by atoms with Gasteiger partial charge in [-0.05, 0) is 80.6 Å². The molecule has 0 aliphatic carbocycles. The van der Waals surface area contributed by atoms with E-state index in [2.05, 4.69) is 5.32 Å². The van der Waals surface area contributed by atoms with Gasteiger partial charge in [-0.25, -0.2) is 8.42 Å². The zero-order valence-corrected chi connectivity index (χ0v) is 23.8. The van der Waals surface area contributed by atoms with Crippen molar-refractivity contribution in [3.63, 3.8) is 0 Å². The SMILES string of the molecule is CCOc1ccc(N(CC(=O)Nc2cc(Cl)ccc2Oc2ccccc2OC)S(=O)(=O)c2ccc(C)cc2)cc1. The van der Waals surface area contributed by atoms with Crippen LogP contribution >= 0.6 is 11.6 Å². The maximum absolute atomic E-state index is 13.7. The van der Waals surface area contributed by atoms with E-state index < -0.39 is 22.5 Å². The summed E-state index contributed by atoms with van der Waals surface area (Å²) in [5.41, 5.74) is 1.48. The van der Waals surface area contributed by atoms with Gasteiger partial charge in [0.2, 0.25) is 5.91 Å². The molecule has 0 saturated heterocycles. The first kappa shape index (κ1) is 28.8. The van der Waals surface area contributed by atoms with Crippen LogP contribution in [0.3, 0.4) is 0 Å². The Labute approximate surface area is 239 Å². The molecule has 0 aliphatic heterocycles. The monoisotopic (exact) mass is 580 g/mol. The second-order valence-electron chi connectivity index (χ2n) is 8.69. The molecular weight excluding hydrogens is 552 g/mol. The summed E-state index contributed by atoms with van der Waals surface area (Å²) >= 11 is 6.22. The van der Waals surface area contributed by atoms with Gasteiger partial charge in [0, 0.05) is 5.02 Å². The number of aryl methyl sites for hydroxylation is 1. The van der Waals surface area contributed by atoms with Crippen molar-refractivity contribution in [3.8, 4) is 23.0 Å². The van der Waals surface area contributed by atoms with E-state index in [1.54, 1.807) is 72.8 Å². The number of anilines is 2. The third-order valence-corrected chi connectivity index (χ3v) is 7.86. The molecule has 10 heteroatoms. The van der Waals surface area contributed by atoms with E-state index in [0.717, 1.165) is 9.87 Å². The first-order valence-electron chi connectivity index (χ1n) is 12.4. The molecule has 0 aromatic heterocycles. The molecule has 0 aliphatic rings. The van der Waals surface area contributed by atoms with Crippen LogP contribution in [-0.2, 0) is 14.8 Å². The average Bonchev–Trinajstić information content (AvgIpc) is 2.94. The summed E-state index contributed by atoms with van der Waals surface area (Å²) < 4.78 is 45.4. The van der Waals surface area contributed by atoms with E-state index in [0.29, 0.717) is 40.3 Å². The number of sulfonamides is 1. The summed E-state index contributed by atoms with van der Waals surface area (Å²) in [6, 6.07) is 24.8. The van der Waals surface area contributed by atoms with Gasteiger partial charge in [-0.3, -0.25) is 9.10 Å². The third-order valence-electron chi connectivity index (χ3n) is 5.84. The van der Waals surface area contributed by atoms with Crippen LogP contribution in [-0.4, -0.2) is 34.6 Å². The first-order chi connectivity index (χ1) is 19.2. The fourth-order valence-electron chi connectivity index (χ4n) is 3.86. The van der Waals surface area contributed by atoms with Gasteiger partial charge < -0.3 is 19.5 Å².